The van der Waals surface area contributed by atoms with Gasteiger partial charge >= 0.3 is 12.4 Å². The number of alkyl halides is 6. The van der Waals surface area contributed by atoms with Crippen molar-refractivity contribution in [2.45, 2.75) is 87.8 Å². The van der Waals surface area contributed by atoms with Gasteiger partial charge in [-0.25, -0.2) is 0 Å². The van der Waals surface area contributed by atoms with Gasteiger partial charge in [0.15, 0.2) is 11.2 Å². The summed E-state index contributed by atoms with van der Waals surface area (Å²) in [4.78, 5) is 8.42. The van der Waals surface area contributed by atoms with Crippen LogP contribution in [0.4, 0.5) is 26.3 Å². The fraction of sp³-hybridized carbons (Fsp3) is 0.269. The number of aliphatic hydroxyl groups is 2. The van der Waals surface area contributed by atoms with Gasteiger partial charge in [-0.1, -0.05) is 143 Å². The molecule has 0 saturated carbocycles. The maximum Gasteiger partial charge on any atom is 0.417 e. The third-order valence-electron chi connectivity index (χ3n) is 12.1. The molecule has 11 heteroatoms. The van der Waals surface area contributed by atoms with Gasteiger partial charge in [0, 0.05) is 47.0 Å². The number of aromatic hydroxyl groups is 1. The zero-order chi connectivity index (χ0) is 45.4. The third-order valence-corrected chi connectivity index (χ3v) is 12.1. The van der Waals surface area contributed by atoms with Crippen LogP contribution in [-0.4, -0.2) is 48.8 Å². The Morgan fingerprint density at radius 1 is 0.460 bits per heavy atom. The second-order valence-electron chi connectivity index (χ2n) is 17.8. The fourth-order valence-electron chi connectivity index (χ4n) is 8.85. The number of phenols is 1. The molecule has 0 aliphatic rings. The van der Waals surface area contributed by atoms with Gasteiger partial charge in [-0.15, -0.1) is 0 Å². The first kappa shape index (κ1) is 45.0. The second kappa shape index (κ2) is 16.9. The van der Waals surface area contributed by atoms with Crippen LogP contribution in [0, 0.1) is 0 Å². The monoisotopic (exact) mass is 862 g/mol. The largest absolute Gasteiger partial charge is 0.507 e. The maximum atomic E-state index is 14.3. The van der Waals surface area contributed by atoms with Gasteiger partial charge in [-0.3, -0.25) is 9.97 Å². The maximum absolute atomic E-state index is 14.3. The van der Waals surface area contributed by atoms with E-state index in [2.05, 4.69) is 9.97 Å². The number of aromatic nitrogens is 2. The number of hydrogen-bond acceptors (Lipinski definition) is 5. The molecule has 2 unspecified atom stereocenters. The Balaban J connectivity index is 0.000000189. The molecule has 0 amide bonds. The lowest BCUT2D eigenvalue weighted by molar-refractivity contribution is -0.266. The van der Waals surface area contributed by atoms with E-state index in [1.54, 1.807) is 107 Å². The molecule has 0 aliphatic carbocycles. The van der Waals surface area contributed by atoms with Gasteiger partial charge < -0.3 is 15.3 Å². The highest BCUT2D eigenvalue weighted by molar-refractivity contribution is 5.90. The summed E-state index contributed by atoms with van der Waals surface area (Å²) in [6.45, 7) is 6.72. The van der Waals surface area contributed by atoms with E-state index in [1.807, 2.05) is 54.6 Å². The minimum atomic E-state index is -4.87. The van der Waals surface area contributed by atoms with Crippen molar-refractivity contribution >= 4 is 43.4 Å². The number of phenolic OH excluding ortho intramolecular Hbond substituents is 1. The molecule has 6 aromatic carbocycles. The van der Waals surface area contributed by atoms with Crippen molar-refractivity contribution in [3.05, 3.63) is 174 Å². The minimum absolute atomic E-state index is 0.0630. The Morgan fingerprint density at radius 3 is 1.41 bits per heavy atom. The van der Waals surface area contributed by atoms with E-state index >= 15 is 0 Å². The third kappa shape index (κ3) is 9.36. The SMILES string of the molecule is CC(C)(CC(O)(Cc1ccnc2ccccc12)C(F)(F)F)c1ccc2ccccc2c1.CC(C)(CC(O)(Cc1ccnc2ccccc12)C(F)(F)F)c1ccc2ccccc2c1O. The summed E-state index contributed by atoms with van der Waals surface area (Å²) in [5, 5.41) is 37.4. The van der Waals surface area contributed by atoms with E-state index in [9.17, 15) is 41.7 Å². The van der Waals surface area contributed by atoms with Crippen molar-refractivity contribution < 1.29 is 41.7 Å². The molecule has 0 saturated heterocycles. The molecule has 0 spiro atoms. The Kier molecular flexibility index (Phi) is 12.1. The summed E-state index contributed by atoms with van der Waals surface area (Å²) >= 11 is 0. The molecule has 2 atom stereocenters. The molecule has 5 nitrogen and oxygen atoms in total. The number of fused-ring (bicyclic) bond motifs is 4. The van der Waals surface area contributed by atoms with Crippen LogP contribution in [0.3, 0.4) is 0 Å². The molecule has 0 bridgehead atoms. The van der Waals surface area contributed by atoms with E-state index in [0.29, 0.717) is 43.9 Å². The van der Waals surface area contributed by atoms with Crippen LogP contribution in [-0.2, 0) is 23.7 Å². The van der Waals surface area contributed by atoms with Crippen molar-refractivity contribution in [3.8, 4) is 5.75 Å². The number of nitrogens with zero attached hydrogens (tertiary/aromatic N) is 2. The van der Waals surface area contributed by atoms with Crippen molar-refractivity contribution in [1.29, 1.82) is 0 Å². The minimum Gasteiger partial charge on any atom is -0.507 e. The van der Waals surface area contributed by atoms with E-state index in [4.69, 9.17) is 0 Å². The molecule has 2 aromatic heterocycles. The van der Waals surface area contributed by atoms with Crippen LogP contribution >= 0.6 is 0 Å². The van der Waals surface area contributed by atoms with Crippen molar-refractivity contribution in [3.63, 3.8) is 0 Å². The summed E-state index contributed by atoms with van der Waals surface area (Å²) in [6, 6.07) is 41.0. The van der Waals surface area contributed by atoms with Crippen LogP contribution in [0.1, 0.15) is 62.8 Å². The lowest BCUT2D eigenvalue weighted by Gasteiger charge is -2.38. The Labute approximate surface area is 361 Å². The summed E-state index contributed by atoms with van der Waals surface area (Å²) < 4.78 is 85.5. The molecule has 0 fully saturated rings. The lowest BCUT2D eigenvalue weighted by Crippen LogP contribution is -2.50. The quantitative estimate of drug-likeness (QED) is 0.119. The normalized spacial score (nSPS) is 14.6. The summed E-state index contributed by atoms with van der Waals surface area (Å²) in [5.41, 5.74) is -4.86. The van der Waals surface area contributed by atoms with Crippen LogP contribution in [0.2, 0.25) is 0 Å². The number of benzene rings is 6. The molecule has 326 valence electrons. The molecule has 8 rings (SSSR count). The number of halogens is 6. The average Bonchev–Trinajstić information content (AvgIpc) is 3.23. The first-order valence-electron chi connectivity index (χ1n) is 20.5. The smallest absolute Gasteiger partial charge is 0.417 e. The van der Waals surface area contributed by atoms with Crippen molar-refractivity contribution in [1.82, 2.24) is 9.97 Å². The van der Waals surface area contributed by atoms with E-state index in [1.165, 1.54) is 18.5 Å². The highest BCUT2D eigenvalue weighted by Crippen LogP contribution is 2.47. The second-order valence-corrected chi connectivity index (χ2v) is 17.8. The summed E-state index contributed by atoms with van der Waals surface area (Å²) in [7, 11) is 0. The average molecular weight is 863 g/mol. The number of pyridine rings is 2. The van der Waals surface area contributed by atoms with Crippen LogP contribution < -0.4 is 0 Å². The van der Waals surface area contributed by atoms with Gasteiger partial charge in [0.25, 0.3) is 0 Å². The first-order chi connectivity index (χ1) is 29.6. The number of para-hydroxylation sites is 2. The molecule has 2 heterocycles. The van der Waals surface area contributed by atoms with Gasteiger partial charge in [-0.05, 0) is 80.8 Å². The zero-order valence-corrected chi connectivity index (χ0v) is 35.3. The molecule has 63 heavy (non-hydrogen) atoms. The van der Waals surface area contributed by atoms with Gasteiger partial charge in [-0.2, -0.15) is 26.3 Å². The van der Waals surface area contributed by atoms with Gasteiger partial charge in [0.05, 0.1) is 11.0 Å². The summed E-state index contributed by atoms with van der Waals surface area (Å²) in [5.74, 6) is -0.0630. The molecular weight excluding hydrogens is 815 g/mol. The highest BCUT2D eigenvalue weighted by atomic mass is 19.4. The predicted octanol–water partition coefficient (Wildman–Crippen LogP) is 12.9. The van der Waals surface area contributed by atoms with Crippen molar-refractivity contribution in [2.24, 2.45) is 0 Å². The summed E-state index contributed by atoms with van der Waals surface area (Å²) in [6.07, 6.45) is -8.94. The van der Waals surface area contributed by atoms with Gasteiger partial charge in [0.2, 0.25) is 0 Å². The van der Waals surface area contributed by atoms with Crippen molar-refractivity contribution in [2.75, 3.05) is 0 Å². The zero-order valence-electron chi connectivity index (χ0n) is 35.3. The standard InChI is InChI=1S/C26H24F3NO2.C26H24F3NO/c1-24(2,21-12-11-17-7-3-4-9-20(17)23(21)31)16-25(32,26(27,28)29)15-18-13-14-30-22-10-6-5-8-19(18)22;1-24(2,21-12-11-18-7-3-4-8-19(18)15-21)17-25(31,26(27,28)29)16-20-13-14-30-23-10-6-5-9-22(20)23/h3-14,31-32H,15-16H2,1-2H3;3-15,31H,16-17H2,1-2H3. The Morgan fingerprint density at radius 2 is 0.889 bits per heavy atom. The fourth-order valence-corrected chi connectivity index (χ4v) is 8.85. The molecule has 0 aliphatic heterocycles. The topological polar surface area (TPSA) is 86.5 Å². The van der Waals surface area contributed by atoms with E-state index in [0.717, 1.165) is 21.7 Å². The van der Waals surface area contributed by atoms with Crippen LogP contribution in [0.25, 0.3) is 43.4 Å². The number of hydrogen-bond donors (Lipinski definition) is 3. The van der Waals surface area contributed by atoms with Crippen LogP contribution in [0.5, 0.6) is 5.75 Å². The predicted molar refractivity (Wildman–Crippen MR) is 238 cm³/mol. The van der Waals surface area contributed by atoms with Crippen LogP contribution in [0.15, 0.2) is 152 Å². The molecule has 0 radical (unpaired) electrons. The first-order valence-corrected chi connectivity index (χ1v) is 20.5. The Bertz CT molecular complexity index is 2900. The molecule has 8 aromatic rings. The highest BCUT2D eigenvalue weighted by Gasteiger charge is 2.57. The molecule has 3 N–H and O–H groups in total. The Hall–Kier alpha value is -6.04. The van der Waals surface area contributed by atoms with Gasteiger partial charge in [0.1, 0.15) is 5.75 Å². The lowest BCUT2D eigenvalue weighted by atomic mass is 9.72. The number of rotatable bonds is 10. The van der Waals surface area contributed by atoms with E-state index in [-0.39, 0.29) is 5.75 Å². The molecular formula is C52H48F6N2O3. The van der Waals surface area contributed by atoms with E-state index < -0.39 is 60.1 Å².